The summed E-state index contributed by atoms with van der Waals surface area (Å²) in [5, 5.41) is 2.17. The van der Waals surface area contributed by atoms with Crippen molar-refractivity contribution in [3.63, 3.8) is 0 Å². The van der Waals surface area contributed by atoms with Gasteiger partial charge < -0.3 is 18.9 Å². The Labute approximate surface area is 258 Å². The maximum atomic E-state index is 5.08. The zero-order valence-corrected chi connectivity index (χ0v) is 25.2. The number of aromatic nitrogens is 4. The third-order valence-corrected chi connectivity index (χ3v) is 7.72. The zero-order valence-electron chi connectivity index (χ0n) is 23.0. The molecule has 1 aliphatic heterocycles. The van der Waals surface area contributed by atoms with Crippen molar-refractivity contribution >= 4 is 38.7 Å². The number of nitrogens with zero attached hydrogens (tertiary/aromatic N) is 6. The van der Waals surface area contributed by atoms with Gasteiger partial charge in [0.15, 0.2) is 0 Å². The fourth-order valence-corrected chi connectivity index (χ4v) is 5.70. The third-order valence-electron chi connectivity index (χ3n) is 7.72. The van der Waals surface area contributed by atoms with Gasteiger partial charge in [-0.15, -0.1) is 47.6 Å². The minimum Gasteiger partial charge on any atom is -0.510 e. The Kier molecular flexibility index (Phi) is 6.44. The van der Waals surface area contributed by atoms with Crippen LogP contribution in [0.15, 0.2) is 110 Å². The number of aryl methyl sites for hydroxylation is 1. The van der Waals surface area contributed by atoms with E-state index in [-0.39, 0.29) is 21.1 Å². The van der Waals surface area contributed by atoms with Crippen LogP contribution >= 0.6 is 0 Å². The second-order valence-electron chi connectivity index (χ2n) is 10.3. The predicted molar refractivity (Wildman–Crippen MR) is 165 cm³/mol. The molecule has 7 aromatic rings. The molecule has 0 amide bonds. The number of fused-ring (bicyclic) bond motifs is 4. The summed E-state index contributed by atoms with van der Waals surface area (Å²) in [5.74, 6) is 0.870. The van der Waals surface area contributed by atoms with Gasteiger partial charge in [0.2, 0.25) is 0 Å². The van der Waals surface area contributed by atoms with Crippen molar-refractivity contribution in [1.82, 2.24) is 24.0 Å². The third kappa shape index (κ3) is 4.22. The molecule has 0 bridgehead atoms. The first-order chi connectivity index (χ1) is 20.1. The van der Waals surface area contributed by atoms with Gasteiger partial charge in [-0.2, -0.15) is 12.7 Å². The molecule has 8 rings (SSSR count). The van der Waals surface area contributed by atoms with E-state index in [4.69, 9.17) is 9.97 Å². The summed E-state index contributed by atoms with van der Waals surface area (Å²) in [7, 11) is 4.08. The second kappa shape index (κ2) is 10.3. The molecule has 208 valence electrons. The molecule has 0 saturated heterocycles. The van der Waals surface area contributed by atoms with Gasteiger partial charge in [0.1, 0.15) is 5.65 Å². The molecule has 4 heterocycles. The molecule has 1 aliphatic rings. The van der Waals surface area contributed by atoms with E-state index in [1.165, 1.54) is 5.56 Å². The number of pyridine rings is 1. The van der Waals surface area contributed by atoms with Crippen LogP contribution in [0, 0.1) is 18.8 Å². The van der Waals surface area contributed by atoms with Gasteiger partial charge in [-0.25, -0.2) is 4.98 Å². The molecule has 7 heteroatoms. The Hall–Kier alpha value is -4.67. The van der Waals surface area contributed by atoms with Crippen molar-refractivity contribution in [2.75, 3.05) is 11.9 Å². The average molecular weight is 725 g/mol. The van der Waals surface area contributed by atoms with Crippen molar-refractivity contribution in [3.05, 3.63) is 128 Å². The Morgan fingerprint density at radius 2 is 1.60 bits per heavy atom. The summed E-state index contributed by atoms with van der Waals surface area (Å²) in [6.07, 6.45) is 5.88. The van der Waals surface area contributed by atoms with E-state index in [1.54, 1.807) is 0 Å². The Morgan fingerprint density at radius 3 is 2.43 bits per heavy atom. The summed E-state index contributed by atoms with van der Waals surface area (Å²) >= 11 is 0. The number of rotatable bonds is 4. The predicted octanol–water partition coefficient (Wildman–Crippen LogP) is 7.34. The van der Waals surface area contributed by atoms with Crippen LogP contribution in [-0.4, -0.2) is 31.0 Å². The number of anilines is 1. The minimum absolute atomic E-state index is 0. The van der Waals surface area contributed by atoms with Crippen molar-refractivity contribution < 1.29 is 21.1 Å². The van der Waals surface area contributed by atoms with E-state index in [1.807, 2.05) is 49.3 Å². The van der Waals surface area contributed by atoms with Gasteiger partial charge in [0.05, 0.1) is 16.9 Å². The Balaban J connectivity index is 0.00000288. The molecule has 0 spiro atoms. The molecule has 0 saturated carbocycles. The SMILES string of the molecule is CN1C=CN(c2[c-]c(-n3c4[c-]c(-c5nc6cc(-c7ccccc7)ccc6n5C)ccc4c4cccnc43)ccc2)[CH-]1.[Pt]. The zero-order chi connectivity index (χ0) is 27.5. The summed E-state index contributed by atoms with van der Waals surface area (Å²) in [5.41, 5.74) is 8.98. The fourth-order valence-electron chi connectivity index (χ4n) is 5.70. The van der Waals surface area contributed by atoms with Crippen molar-refractivity contribution in [3.8, 4) is 28.2 Å². The van der Waals surface area contributed by atoms with Gasteiger partial charge in [0, 0.05) is 34.3 Å². The largest absolute Gasteiger partial charge is 0.510 e. The summed E-state index contributed by atoms with van der Waals surface area (Å²) in [6, 6.07) is 38.8. The van der Waals surface area contributed by atoms with Gasteiger partial charge in [0.25, 0.3) is 0 Å². The Bertz CT molecular complexity index is 2120. The van der Waals surface area contributed by atoms with E-state index >= 15 is 0 Å². The molecule has 4 aromatic carbocycles. The topological polar surface area (TPSA) is 42.1 Å². The smallest absolute Gasteiger partial charge is 0.132 e. The summed E-state index contributed by atoms with van der Waals surface area (Å²) in [4.78, 5) is 13.9. The van der Waals surface area contributed by atoms with Gasteiger partial charge in [-0.05, 0) is 59.7 Å². The van der Waals surface area contributed by atoms with Crippen molar-refractivity contribution in [2.24, 2.45) is 7.05 Å². The van der Waals surface area contributed by atoms with Crippen LogP contribution in [0.3, 0.4) is 0 Å². The molecular weight excluding hydrogens is 700 g/mol. The molecule has 0 unspecified atom stereocenters. The monoisotopic (exact) mass is 724 g/mol. The number of hydrogen-bond acceptors (Lipinski definition) is 4. The number of hydrogen-bond donors (Lipinski definition) is 0. The fraction of sp³-hybridized carbons (Fsp3) is 0.0571. The van der Waals surface area contributed by atoms with Gasteiger partial charge in [-0.1, -0.05) is 53.5 Å². The Morgan fingerprint density at radius 1 is 0.738 bits per heavy atom. The van der Waals surface area contributed by atoms with Crippen LogP contribution in [0.2, 0.25) is 0 Å². The van der Waals surface area contributed by atoms with Crippen LogP contribution in [0.25, 0.3) is 61.2 Å². The maximum absolute atomic E-state index is 5.08. The van der Waals surface area contributed by atoms with E-state index in [0.29, 0.717) is 0 Å². The molecule has 6 nitrogen and oxygen atoms in total. The number of benzene rings is 4. The van der Waals surface area contributed by atoms with Gasteiger partial charge in [-0.3, -0.25) is 4.98 Å². The number of imidazole rings is 1. The van der Waals surface area contributed by atoms with Crippen LogP contribution in [0.5, 0.6) is 0 Å². The molecule has 0 atom stereocenters. The average Bonchev–Trinajstić information content (AvgIpc) is 3.70. The van der Waals surface area contributed by atoms with E-state index < -0.39 is 0 Å². The molecule has 0 N–H and O–H groups in total. The first-order valence-electron chi connectivity index (χ1n) is 13.5. The van der Waals surface area contributed by atoms with Crippen molar-refractivity contribution in [2.45, 2.75) is 0 Å². The maximum Gasteiger partial charge on any atom is 0.132 e. The molecule has 3 aromatic heterocycles. The minimum atomic E-state index is 0. The second-order valence-corrected chi connectivity index (χ2v) is 10.3. The molecular formula is C35H25N6Pt-3. The molecule has 0 fully saturated rings. The summed E-state index contributed by atoms with van der Waals surface area (Å²) < 4.78 is 4.29. The quantitative estimate of drug-likeness (QED) is 0.178. The first kappa shape index (κ1) is 26.2. The summed E-state index contributed by atoms with van der Waals surface area (Å²) in [6.45, 7) is 2.03. The van der Waals surface area contributed by atoms with E-state index in [2.05, 4.69) is 112 Å². The van der Waals surface area contributed by atoms with Crippen LogP contribution < -0.4 is 4.90 Å². The van der Waals surface area contributed by atoms with Crippen molar-refractivity contribution in [1.29, 1.82) is 0 Å². The van der Waals surface area contributed by atoms with Crippen LogP contribution in [-0.2, 0) is 28.1 Å². The van der Waals surface area contributed by atoms with Gasteiger partial charge >= 0.3 is 0 Å². The van der Waals surface area contributed by atoms with E-state index in [9.17, 15) is 0 Å². The molecule has 0 aliphatic carbocycles. The first-order valence-corrected chi connectivity index (χ1v) is 13.5. The van der Waals surface area contributed by atoms with E-state index in [0.717, 1.165) is 61.3 Å². The molecule has 0 radical (unpaired) electrons. The standard InChI is InChI=1S/C35H25N6.Pt/c1-38-18-19-40(23-38)27-10-6-11-28(22-27)41-33-21-26(13-15-29(33)30-12-7-17-36-35(30)41)34-37-31-20-25(14-16-32(31)39(34)2)24-8-4-3-5-9-24;/h3-20,23H,1-2H3;/q-3;. The molecule has 42 heavy (non-hydrogen) atoms. The normalized spacial score (nSPS) is 13.0. The van der Waals surface area contributed by atoms with Crippen LogP contribution in [0.4, 0.5) is 5.69 Å². The van der Waals surface area contributed by atoms with Crippen LogP contribution in [0.1, 0.15) is 0 Å².